The smallest absolute Gasteiger partial charge is 1.00 e. The van der Waals surface area contributed by atoms with Gasteiger partial charge in [0.05, 0.1) is 0 Å². The monoisotopic (exact) mass is 726 g/mol. The second kappa shape index (κ2) is 13.7. The minimum Gasteiger partial charge on any atom is -1.00 e. The van der Waals surface area contributed by atoms with Crippen LogP contribution in [0.5, 0.6) is 0 Å². The number of allylic oxidation sites excluding steroid dienone is 4. The molecule has 0 amide bonds. The van der Waals surface area contributed by atoms with E-state index in [0.29, 0.717) is 9.54 Å². The summed E-state index contributed by atoms with van der Waals surface area (Å²) in [6, 6.07) is 10.6. The van der Waals surface area contributed by atoms with Gasteiger partial charge in [0.25, 0.3) is 0 Å². The van der Waals surface area contributed by atoms with Crippen LogP contribution >= 0.6 is 0 Å². The zero-order valence-electron chi connectivity index (χ0n) is 31.5. The molecule has 248 valence electrons. The second-order valence-electron chi connectivity index (χ2n) is 18.8. The summed E-state index contributed by atoms with van der Waals surface area (Å²) in [6.45, 7) is 38.4. The minimum atomic E-state index is -1.01. The second-order valence-corrected chi connectivity index (χ2v) is 22.3. The molecular formula is C42H62Cl2Zr. The van der Waals surface area contributed by atoms with E-state index >= 15 is 0 Å². The van der Waals surface area contributed by atoms with E-state index < -0.39 is 23.2 Å². The summed E-state index contributed by atoms with van der Waals surface area (Å²) in [4.78, 5) is 0. The van der Waals surface area contributed by atoms with Crippen molar-refractivity contribution < 1.29 is 48.0 Å². The first-order chi connectivity index (χ1) is 19.4. The molecule has 0 bridgehead atoms. The summed E-state index contributed by atoms with van der Waals surface area (Å²) in [5.74, 6) is 0.639. The van der Waals surface area contributed by atoms with Gasteiger partial charge in [0.15, 0.2) is 0 Å². The molecule has 3 heteroatoms. The molecule has 0 radical (unpaired) electrons. The molecule has 0 aliphatic heterocycles. The normalized spacial score (nSPS) is 17.1. The van der Waals surface area contributed by atoms with Gasteiger partial charge in [-0.05, 0) is 0 Å². The zero-order valence-corrected chi connectivity index (χ0v) is 35.5. The first-order valence-corrected chi connectivity index (χ1v) is 19.7. The fourth-order valence-electron chi connectivity index (χ4n) is 7.06. The predicted molar refractivity (Wildman–Crippen MR) is 187 cm³/mol. The summed E-state index contributed by atoms with van der Waals surface area (Å²) in [6.07, 6.45) is 9.24. The molecule has 1 unspecified atom stereocenters. The molecule has 0 aromatic heterocycles. The van der Waals surface area contributed by atoms with Crippen LogP contribution in [0.3, 0.4) is 0 Å². The fraction of sp³-hybridized carbons (Fsp3) is 0.619. The van der Waals surface area contributed by atoms with Gasteiger partial charge in [0.2, 0.25) is 0 Å². The van der Waals surface area contributed by atoms with Crippen LogP contribution in [-0.2, 0) is 44.9 Å². The van der Waals surface area contributed by atoms with E-state index in [1.807, 2.05) is 3.28 Å². The number of unbranched alkanes of at least 4 members (excludes halogenated alkanes) is 1. The first-order valence-electron chi connectivity index (χ1n) is 17.0. The van der Waals surface area contributed by atoms with Crippen molar-refractivity contribution in [2.45, 2.75) is 155 Å². The SMILES string of the molecule is CCCCC1C=C(C(C)(C)C)C=[C]1[Zr+2][CH]1c2cc(C(C)(C)C)c(C(C)(C)C)cc2-c2cc(C(C)(C)C)c(C(C)(C)C)cc21.[Cl-].[Cl-]. The van der Waals surface area contributed by atoms with Crippen molar-refractivity contribution in [3.05, 3.63) is 78.7 Å². The van der Waals surface area contributed by atoms with Crippen LogP contribution in [0.25, 0.3) is 11.1 Å². The quantitative estimate of drug-likeness (QED) is 0.321. The van der Waals surface area contributed by atoms with Crippen LogP contribution in [-0.4, -0.2) is 0 Å². The molecule has 2 aromatic rings. The molecule has 0 spiro atoms. The Morgan fingerprint density at radius 3 is 1.27 bits per heavy atom. The maximum absolute atomic E-state index is 2.68. The van der Waals surface area contributed by atoms with Crippen LogP contribution in [0.2, 0.25) is 0 Å². The average molecular weight is 729 g/mol. The Labute approximate surface area is 302 Å². The van der Waals surface area contributed by atoms with E-state index in [0.717, 1.165) is 0 Å². The molecule has 2 aliphatic rings. The van der Waals surface area contributed by atoms with Crippen LogP contribution in [0.4, 0.5) is 0 Å². The topological polar surface area (TPSA) is 0 Å². The largest absolute Gasteiger partial charge is 1.00 e. The maximum Gasteiger partial charge on any atom is -1.00 e. The molecule has 1 atom stereocenters. The number of benzene rings is 2. The summed E-state index contributed by atoms with van der Waals surface area (Å²) in [5.41, 5.74) is 14.6. The van der Waals surface area contributed by atoms with Crippen LogP contribution < -0.4 is 24.8 Å². The van der Waals surface area contributed by atoms with Crippen molar-refractivity contribution in [1.29, 1.82) is 0 Å². The van der Waals surface area contributed by atoms with Crippen molar-refractivity contribution in [3.8, 4) is 11.1 Å². The molecule has 0 N–H and O–H groups in total. The van der Waals surface area contributed by atoms with Crippen molar-refractivity contribution >= 4 is 0 Å². The number of hydrogen-bond acceptors (Lipinski definition) is 0. The standard InChI is InChI=1S/C29H41.C13H21.2ClH.Zr/c1-26(2,3)22-14-18-13-19-15-23(27(4,5)6)25(29(10,11)12)17-21(19)20(18)16-24(22)28(7,8)9;1-5-6-7-11-8-9-12(10-11)13(2,3)4;;;/h13-17H,1-12H3;9-11H,5-7H2,1-4H3;2*1H;/q;;;;+2/p-2. The Balaban J connectivity index is 0.00000353. The Morgan fingerprint density at radius 2 is 0.933 bits per heavy atom. The van der Waals surface area contributed by atoms with Crippen molar-refractivity contribution in [2.24, 2.45) is 11.3 Å². The van der Waals surface area contributed by atoms with Crippen LogP contribution in [0.1, 0.15) is 167 Å². The summed E-state index contributed by atoms with van der Waals surface area (Å²) >= 11 is -1.01. The number of hydrogen-bond donors (Lipinski definition) is 0. The molecule has 2 aliphatic carbocycles. The zero-order chi connectivity index (χ0) is 32.5. The summed E-state index contributed by atoms with van der Waals surface area (Å²) in [5, 5.41) is 0. The molecule has 45 heavy (non-hydrogen) atoms. The van der Waals surface area contributed by atoms with E-state index in [-0.39, 0.29) is 51.9 Å². The van der Waals surface area contributed by atoms with Gasteiger partial charge >= 0.3 is 280 Å². The fourth-order valence-corrected chi connectivity index (χ4v) is 11.5. The molecule has 2 aromatic carbocycles. The van der Waals surface area contributed by atoms with E-state index in [1.165, 1.54) is 41.5 Å². The molecule has 0 saturated carbocycles. The maximum atomic E-state index is 2.68. The third-order valence-corrected chi connectivity index (χ3v) is 14.0. The average Bonchev–Trinajstić information content (AvgIpc) is 3.38. The van der Waals surface area contributed by atoms with Gasteiger partial charge in [-0.2, -0.15) is 0 Å². The van der Waals surface area contributed by atoms with Crippen LogP contribution in [0.15, 0.2) is 45.3 Å². The third kappa shape index (κ3) is 8.52. The molecule has 4 rings (SSSR count). The first kappa shape index (κ1) is 40.6. The van der Waals surface area contributed by atoms with E-state index in [1.54, 1.807) is 27.8 Å². The summed E-state index contributed by atoms with van der Waals surface area (Å²) in [7, 11) is 0. The van der Waals surface area contributed by atoms with Gasteiger partial charge in [0, 0.05) is 0 Å². The van der Waals surface area contributed by atoms with Crippen molar-refractivity contribution in [3.63, 3.8) is 0 Å². The minimum absolute atomic E-state index is 0. The van der Waals surface area contributed by atoms with Gasteiger partial charge in [-0.3, -0.25) is 0 Å². The van der Waals surface area contributed by atoms with E-state index in [4.69, 9.17) is 0 Å². The van der Waals surface area contributed by atoms with Crippen LogP contribution in [0, 0.1) is 11.3 Å². The molecule has 0 fully saturated rings. The number of halogens is 2. The van der Waals surface area contributed by atoms with Gasteiger partial charge < -0.3 is 24.8 Å². The molecule has 0 saturated heterocycles. The molecular weight excluding hydrogens is 667 g/mol. The van der Waals surface area contributed by atoms with E-state index in [9.17, 15) is 0 Å². The molecule has 0 heterocycles. The van der Waals surface area contributed by atoms with Gasteiger partial charge in [-0.1, -0.05) is 0 Å². The van der Waals surface area contributed by atoms with Crippen molar-refractivity contribution in [2.75, 3.05) is 0 Å². The van der Waals surface area contributed by atoms with Gasteiger partial charge in [-0.15, -0.1) is 0 Å². The van der Waals surface area contributed by atoms with E-state index in [2.05, 4.69) is 147 Å². The predicted octanol–water partition coefficient (Wildman–Crippen LogP) is 6.71. The summed E-state index contributed by atoms with van der Waals surface area (Å²) < 4.78 is 2.38. The Bertz CT molecular complexity index is 1350. The Kier molecular flexibility index (Phi) is 12.4. The van der Waals surface area contributed by atoms with Crippen molar-refractivity contribution in [1.82, 2.24) is 0 Å². The van der Waals surface area contributed by atoms with Gasteiger partial charge in [-0.25, -0.2) is 0 Å². The Morgan fingerprint density at radius 1 is 0.556 bits per heavy atom. The Hall–Kier alpha value is -0.617. The van der Waals surface area contributed by atoms with Gasteiger partial charge in [0.1, 0.15) is 0 Å². The number of rotatable bonds is 5. The molecule has 0 nitrogen and oxygen atoms in total. The third-order valence-electron chi connectivity index (χ3n) is 9.66. The number of fused-ring (bicyclic) bond motifs is 3.